The molecule has 105 heavy (non-hydrogen) atoms. The summed E-state index contributed by atoms with van der Waals surface area (Å²) in [5.41, 5.74) is 0. The summed E-state index contributed by atoms with van der Waals surface area (Å²) >= 11 is 0. The molecular formula is C91H157NO13. The van der Waals surface area contributed by atoms with E-state index in [0.29, 0.717) is 12.8 Å². The SMILES string of the molecule is CC/C=C\C/C=C\C/C=C\C/C=C\C/C=C\C/C=C\C/C=C\C/C=C\C/C=C\C/C=C\C/C=C\CCCCCCCCCC(=O)NC(COC1OC(CO)C(OC2OC(CO)C(O)C(O)C2O)C(O)C1O)C(O)CCCCCCCCCCCCCCCCCCCCCCCCCCCCCCCC. The van der Waals surface area contributed by atoms with E-state index >= 15 is 0 Å². The Labute approximate surface area is 641 Å². The van der Waals surface area contributed by atoms with E-state index in [2.05, 4.69) is 153 Å². The summed E-state index contributed by atoms with van der Waals surface area (Å²) < 4.78 is 23.0. The van der Waals surface area contributed by atoms with Gasteiger partial charge in [0.2, 0.25) is 5.91 Å². The number of carbonyl (C=O) groups excluding carboxylic acids is 1. The molecule has 2 aliphatic heterocycles. The second kappa shape index (κ2) is 73.0. The van der Waals surface area contributed by atoms with Crippen LogP contribution in [-0.2, 0) is 23.7 Å². The molecule has 0 aliphatic carbocycles. The fourth-order valence-corrected chi connectivity index (χ4v) is 13.4. The van der Waals surface area contributed by atoms with Gasteiger partial charge in [0, 0.05) is 6.42 Å². The Bertz CT molecular complexity index is 2290. The van der Waals surface area contributed by atoms with E-state index < -0.39 is 86.8 Å². The van der Waals surface area contributed by atoms with E-state index in [1.807, 2.05) is 0 Å². The first kappa shape index (κ1) is 97.2. The molecule has 0 spiro atoms. The Hall–Kier alpha value is -3.87. The van der Waals surface area contributed by atoms with Crippen molar-refractivity contribution in [2.24, 2.45) is 0 Å². The van der Waals surface area contributed by atoms with E-state index in [1.165, 1.54) is 173 Å². The highest BCUT2D eigenvalue weighted by molar-refractivity contribution is 5.76. The van der Waals surface area contributed by atoms with Crippen LogP contribution in [0.3, 0.4) is 0 Å². The second-order valence-corrected chi connectivity index (χ2v) is 29.6. The zero-order chi connectivity index (χ0) is 75.8. The predicted octanol–water partition coefficient (Wildman–Crippen LogP) is 20.5. The summed E-state index contributed by atoms with van der Waals surface area (Å²) in [7, 11) is 0. The predicted molar refractivity (Wildman–Crippen MR) is 438 cm³/mol. The van der Waals surface area contributed by atoms with Crippen molar-refractivity contribution in [3.05, 3.63) is 134 Å². The fraction of sp³-hybridized carbons (Fsp3) is 0.747. The van der Waals surface area contributed by atoms with Crippen molar-refractivity contribution in [2.45, 2.75) is 415 Å². The quantitative estimate of drug-likeness (QED) is 0.0204. The maximum absolute atomic E-state index is 13.4. The van der Waals surface area contributed by atoms with Crippen LogP contribution in [-0.4, -0.2) is 140 Å². The Morgan fingerprint density at radius 3 is 1.01 bits per heavy atom. The van der Waals surface area contributed by atoms with Gasteiger partial charge >= 0.3 is 0 Å². The lowest BCUT2D eigenvalue weighted by Crippen LogP contribution is -2.65. The van der Waals surface area contributed by atoms with Gasteiger partial charge in [-0.15, -0.1) is 0 Å². The van der Waals surface area contributed by atoms with Crippen molar-refractivity contribution in [1.82, 2.24) is 5.32 Å². The van der Waals surface area contributed by atoms with Crippen LogP contribution in [0.2, 0.25) is 0 Å². The molecule has 2 aliphatic rings. The van der Waals surface area contributed by atoms with Crippen molar-refractivity contribution >= 4 is 5.91 Å². The number of allylic oxidation sites excluding steroid dienone is 22. The Morgan fingerprint density at radius 1 is 0.352 bits per heavy atom. The van der Waals surface area contributed by atoms with Crippen LogP contribution in [0.5, 0.6) is 0 Å². The number of nitrogens with one attached hydrogen (secondary N) is 1. The van der Waals surface area contributed by atoms with Gasteiger partial charge in [0.05, 0.1) is 32.0 Å². The first-order valence-corrected chi connectivity index (χ1v) is 42.9. The molecule has 0 saturated carbocycles. The number of aliphatic hydroxyl groups is 8. The van der Waals surface area contributed by atoms with Crippen LogP contribution in [0.15, 0.2) is 134 Å². The summed E-state index contributed by atoms with van der Waals surface area (Å²) in [5.74, 6) is -0.218. The fourth-order valence-electron chi connectivity index (χ4n) is 13.4. The zero-order valence-corrected chi connectivity index (χ0v) is 66.4. The molecule has 1 amide bonds. The summed E-state index contributed by atoms with van der Waals surface area (Å²) in [4.78, 5) is 13.4. The van der Waals surface area contributed by atoms with Crippen molar-refractivity contribution in [1.29, 1.82) is 0 Å². The average Bonchev–Trinajstić information content (AvgIpc) is 0.769. The van der Waals surface area contributed by atoms with Gasteiger partial charge in [-0.2, -0.15) is 0 Å². The molecule has 0 aromatic heterocycles. The molecule has 2 heterocycles. The summed E-state index contributed by atoms with van der Waals surface area (Å²) in [6.45, 7) is 2.78. The highest BCUT2D eigenvalue weighted by Crippen LogP contribution is 2.30. The normalized spacial score (nSPS) is 22.1. The molecule has 604 valence electrons. The lowest BCUT2D eigenvalue weighted by molar-refractivity contribution is -0.359. The molecule has 9 N–H and O–H groups in total. The maximum atomic E-state index is 13.4. The zero-order valence-electron chi connectivity index (χ0n) is 66.4. The van der Waals surface area contributed by atoms with Gasteiger partial charge in [-0.1, -0.05) is 372 Å². The molecule has 2 fully saturated rings. The third-order valence-corrected chi connectivity index (χ3v) is 20.1. The third kappa shape index (κ3) is 55.2. The monoisotopic (exact) mass is 1470 g/mol. The summed E-state index contributed by atoms with van der Waals surface area (Å²) in [5, 5.41) is 88.0. The van der Waals surface area contributed by atoms with Crippen LogP contribution >= 0.6 is 0 Å². The second-order valence-electron chi connectivity index (χ2n) is 29.6. The molecule has 12 unspecified atom stereocenters. The van der Waals surface area contributed by atoms with Crippen LogP contribution in [0.4, 0.5) is 0 Å². The number of hydrogen-bond acceptors (Lipinski definition) is 13. The number of aliphatic hydroxyl groups excluding tert-OH is 8. The topological polar surface area (TPSA) is 228 Å². The van der Waals surface area contributed by atoms with Crippen LogP contribution in [0.25, 0.3) is 0 Å². The van der Waals surface area contributed by atoms with E-state index in [0.717, 1.165) is 135 Å². The van der Waals surface area contributed by atoms with Crippen LogP contribution < -0.4 is 5.32 Å². The molecule has 0 aromatic rings. The van der Waals surface area contributed by atoms with Gasteiger partial charge in [-0.25, -0.2) is 0 Å². The highest BCUT2D eigenvalue weighted by Gasteiger charge is 2.51. The largest absolute Gasteiger partial charge is 0.394 e. The van der Waals surface area contributed by atoms with Gasteiger partial charge < -0.3 is 65.1 Å². The molecule has 2 saturated heterocycles. The number of carbonyl (C=O) groups is 1. The van der Waals surface area contributed by atoms with Crippen molar-refractivity contribution in [3.63, 3.8) is 0 Å². The lowest BCUT2D eigenvalue weighted by atomic mass is 9.97. The molecule has 0 aromatic carbocycles. The number of amides is 1. The van der Waals surface area contributed by atoms with Gasteiger partial charge in [0.25, 0.3) is 0 Å². The van der Waals surface area contributed by atoms with E-state index in [1.54, 1.807) is 0 Å². The lowest BCUT2D eigenvalue weighted by Gasteiger charge is -2.46. The standard InChI is InChI=1S/C91H157NO13/c1-3-5-7-9-11-13-15-17-19-21-23-25-27-29-31-33-35-36-37-38-39-40-41-42-43-44-45-47-49-51-53-55-57-59-61-63-65-67-69-71-73-75-83(96)92-79(78-102-90-88(101)86(99)89(82(77-94)104-90)105-91-87(100)85(98)84(97)81(76-93)103-91)80(95)74-72-70-68-66-64-62-60-58-56-54-52-50-48-46-34-32-30-28-26-24-22-20-18-16-14-12-10-8-6-4-2/h5,7,11,13,17,19,23,25,29,31,35-36,38-39,41-42,44-45,49,51,55,57,79-82,84-91,93-95,97-101H,3-4,6,8-10,12,14-16,18,20-22,24,26-28,30,32-34,37,40,43,46-48,50,52-54,56,58-78H2,1-2H3,(H,92,96)/b7-5-,13-11-,19-17-,25-23-,31-29-,36-35-,39-38-,42-41-,45-44-,51-49-,57-55-. The first-order chi connectivity index (χ1) is 51.6. The van der Waals surface area contributed by atoms with Crippen molar-refractivity contribution in [2.75, 3.05) is 19.8 Å². The number of rotatable bonds is 71. The van der Waals surface area contributed by atoms with Crippen LogP contribution in [0, 0.1) is 0 Å². The smallest absolute Gasteiger partial charge is 0.220 e. The summed E-state index contributed by atoms with van der Waals surface area (Å²) in [6, 6.07) is -0.847. The number of hydrogen-bond donors (Lipinski definition) is 9. The molecule has 0 radical (unpaired) electrons. The van der Waals surface area contributed by atoms with Gasteiger partial charge in [0.1, 0.15) is 48.8 Å². The van der Waals surface area contributed by atoms with E-state index in [9.17, 15) is 45.6 Å². The van der Waals surface area contributed by atoms with Crippen molar-refractivity contribution in [3.8, 4) is 0 Å². The Kier molecular flexibility index (Phi) is 67.5. The van der Waals surface area contributed by atoms with E-state index in [4.69, 9.17) is 18.9 Å². The number of unbranched alkanes of at least 4 members (excludes halogenated alkanes) is 36. The number of ether oxygens (including phenoxy) is 4. The highest BCUT2D eigenvalue weighted by atomic mass is 16.7. The molecule has 14 heteroatoms. The van der Waals surface area contributed by atoms with Gasteiger partial charge in [-0.05, 0) is 96.3 Å². The Balaban J connectivity index is 1.61. The molecule has 12 atom stereocenters. The molecule has 0 bridgehead atoms. The minimum atomic E-state index is -1.79. The maximum Gasteiger partial charge on any atom is 0.220 e. The van der Waals surface area contributed by atoms with Gasteiger partial charge in [-0.3, -0.25) is 4.79 Å². The summed E-state index contributed by atoms with van der Waals surface area (Å²) in [6.07, 6.45) is 92.1. The van der Waals surface area contributed by atoms with Crippen molar-refractivity contribution < 1.29 is 64.6 Å². The molecule has 14 nitrogen and oxygen atoms in total. The van der Waals surface area contributed by atoms with E-state index in [-0.39, 0.29) is 18.9 Å². The minimum Gasteiger partial charge on any atom is -0.394 e. The molecule has 2 rings (SSSR count). The first-order valence-electron chi connectivity index (χ1n) is 42.9. The average molecular weight is 1470 g/mol. The molecular weight excluding hydrogens is 1310 g/mol. The minimum absolute atomic E-state index is 0.218. The van der Waals surface area contributed by atoms with Crippen LogP contribution in [0.1, 0.15) is 341 Å². The Morgan fingerprint density at radius 2 is 0.657 bits per heavy atom. The van der Waals surface area contributed by atoms with Gasteiger partial charge in [0.15, 0.2) is 12.6 Å². The third-order valence-electron chi connectivity index (χ3n) is 20.1.